The van der Waals surface area contributed by atoms with Gasteiger partial charge in [0.25, 0.3) is 0 Å². The minimum atomic E-state index is 0.635. The molecule has 2 rings (SSSR count). The molecule has 1 heterocycles. The van der Waals surface area contributed by atoms with Crippen LogP contribution >= 0.6 is 0 Å². The number of hydrogen-bond donors (Lipinski definition) is 1. The second kappa shape index (κ2) is 8.25. The van der Waals surface area contributed by atoms with Crippen molar-refractivity contribution in [2.45, 2.75) is 31.6 Å². The van der Waals surface area contributed by atoms with E-state index in [4.69, 9.17) is 15.2 Å². The second-order valence-electron chi connectivity index (χ2n) is 5.73. The maximum absolute atomic E-state index is 5.55. The van der Waals surface area contributed by atoms with Gasteiger partial charge in [0.1, 0.15) is 0 Å². The SMILES string of the molecule is COc1ccc(C2CCN(CCCCN)CC2)cc1OC. The van der Waals surface area contributed by atoms with Gasteiger partial charge in [0.15, 0.2) is 11.5 Å². The highest BCUT2D eigenvalue weighted by Gasteiger charge is 2.21. The van der Waals surface area contributed by atoms with Crippen molar-refractivity contribution in [3.05, 3.63) is 23.8 Å². The van der Waals surface area contributed by atoms with Crippen LogP contribution in [-0.4, -0.2) is 45.3 Å². The molecule has 0 amide bonds. The Balaban J connectivity index is 1.90. The Morgan fingerprint density at radius 2 is 1.81 bits per heavy atom. The number of nitrogens with two attached hydrogens (primary N) is 1. The Labute approximate surface area is 128 Å². The van der Waals surface area contributed by atoms with Crippen LogP contribution in [0.15, 0.2) is 18.2 Å². The number of unbranched alkanes of at least 4 members (excludes halogenated alkanes) is 1. The van der Waals surface area contributed by atoms with Crippen LogP contribution in [0.5, 0.6) is 11.5 Å². The fourth-order valence-corrected chi connectivity index (χ4v) is 3.08. The number of methoxy groups -OCH3 is 2. The highest BCUT2D eigenvalue weighted by atomic mass is 16.5. The summed E-state index contributed by atoms with van der Waals surface area (Å²) in [5.41, 5.74) is 6.92. The smallest absolute Gasteiger partial charge is 0.160 e. The molecule has 0 spiro atoms. The van der Waals surface area contributed by atoms with E-state index in [0.717, 1.165) is 24.5 Å². The van der Waals surface area contributed by atoms with E-state index in [1.165, 1.54) is 44.5 Å². The van der Waals surface area contributed by atoms with Crippen LogP contribution < -0.4 is 15.2 Å². The molecule has 0 radical (unpaired) electrons. The first kappa shape index (κ1) is 16.1. The van der Waals surface area contributed by atoms with Crippen molar-refractivity contribution in [3.63, 3.8) is 0 Å². The van der Waals surface area contributed by atoms with E-state index in [-0.39, 0.29) is 0 Å². The number of hydrogen-bond acceptors (Lipinski definition) is 4. The predicted octanol–water partition coefficient (Wildman–Crippen LogP) is 2.62. The lowest BCUT2D eigenvalue weighted by Gasteiger charge is -2.32. The van der Waals surface area contributed by atoms with Crippen molar-refractivity contribution in [1.82, 2.24) is 4.90 Å². The van der Waals surface area contributed by atoms with E-state index in [1.807, 2.05) is 6.07 Å². The van der Waals surface area contributed by atoms with Crippen molar-refractivity contribution in [1.29, 1.82) is 0 Å². The number of nitrogens with zero attached hydrogens (tertiary/aromatic N) is 1. The fraction of sp³-hybridized carbons (Fsp3) is 0.647. The first-order valence-corrected chi connectivity index (χ1v) is 7.92. The molecule has 1 aromatic rings. The Bertz CT molecular complexity index is 429. The van der Waals surface area contributed by atoms with Gasteiger partial charge >= 0.3 is 0 Å². The third-order valence-electron chi connectivity index (χ3n) is 4.40. The lowest BCUT2D eigenvalue weighted by molar-refractivity contribution is 0.209. The zero-order chi connectivity index (χ0) is 15.1. The molecular formula is C17H28N2O2. The van der Waals surface area contributed by atoms with Crippen molar-refractivity contribution in [2.24, 2.45) is 5.73 Å². The summed E-state index contributed by atoms with van der Waals surface area (Å²) in [7, 11) is 3.37. The van der Waals surface area contributed by atoms with E-state index in [9.17, 15) is 0 Å². The zero-order valence-electron chi connectivity index (χ0n) is 13.3. The van der Waals surface area contributed by atoms with Crippen LogP contribution in [0.1, 0.15) is 37.2 Å². The van der Waals surface area contributed by atoms with Gasteiger partial charge in [-0.05, 0) is 75.5 Å². The molecule has 1 aliphatic heterocycles. The molecule has 1 fully saturated rings. The van der Waals surface area contributed by atoms with Gasteiger partial charge in [0.05, 0.1) is 14.2 Å². The van der Waals surface area contributed by atoms with Crippen molar-refractivity contribution >= 4 is 0 Å². The molecule has 21 heavy (non-hydrogen) atoms. The monoisotopic (exact) mass is 292 g/mol. The minimum absolute atomic E-state index is 0.635. The van der Waals surface area contributed by atoms with Crippen LogP contribution in [0.4, 0.5) is 0 Å². The quantitative estimate of drug-likeness (QED) is 0.785. The van der Waals surface area contributed by atoms with Crippen LogP contribution in [0, 0.1) is 0 Å². The zero-order valence-corrected chi connectivity index (χ0v) is 13.3. The molecule has 0 atom stereocenters. The molecule has 0 saturated carbocycles. The van der Waals surface area contributed by atoms with Gasteiger partial charge in [-0.25, -0.2) is 0 Å². The third kappa shape index (κ3) is 4.35. The summed E-state index contributed by atoms with van der Waals surface area (Å²) in [5, 5.41) is 0. The molecule has 118 valence electrons. The highest BCUT2D eigenvalue weighted by molar-refractivity contribution is 5.44. The average molecular weight is 292 g/mol. The summed E-state index contributed by atoms with van der Waals surface area (Å²) in [6.07, 6.45) is 4.79. The highest BCUT2D eigenvalue weighted by Crippen LogP contribution is 2.34. The number of piperidine rings is 1. The molecule has 4 heteroatoms. The number of rotatable bonds is 7. The van der Waals surface area contributed by atoms with Gasteiger partial charge < -0.3 is 20.1 Å². The molecule has 0 unspecified atom stereocenters. The van der Waals surface area contributed by atoms with Crippen molar-refractivity contribution < 1.29 is 9.47 Å². The van der Waals surface area contributed by atoms with Crippen molar-refractivity contribution in [3.8, 4) is 11.5 Å². The molecule has 1 aromatic carbocycles. The summed E-state index contributed by atoms with van der Waals surface area (Å²) >= 11 is 0. The lowest BCUT2D eigenvalue weighted by Crippen LogP contribution is -2.33. The van der Waals surface area contributed by atoms with Crippen LogP contribution in [0.2, 0.25) is 0 Å². The Morgan fingerprint density at radius 1 is 1.10 bits per heavy atom. The van der Waals surface area contributed by atoms with Gasteiger partial charge in [-0.1, -0.05) is 6.07 Å². The number of likely N-dealkylation sites (tertiary alicyclic amines) is 1. The Kier molecular flexibility index (Phi) is 6.33. The van der Waals surface area contributed by atoms with Crippen molar-refractivity contribution in [2.75, 3.05) is 40.4 Å². The molecule has 0 aliphatic carbocycles. The van der Waals surface area contributed by atoms with Gasteiger partial charge in [-0.2, -0.15) is 0 Å². The average Bonchev–Trinajstić information content (AvgIpc) is 2.55. The Hall–Kier alpha value is -1.26. The molecule has 1 aliphatic rings. The summed E-state index contributed by atoms with van der Waals surface area (Å²) in [6.45, 7) is 4.37. The van der Waals surface area contributed by atoms with Crippen LogP contribution in [-0.2, 0) is 0 Å². The summed E-state index contributed by atoms with van der Waals surface area (Å²) in [6, 6.07) is 6.32. The number of benzene rings is 1. The molecule has 1 saturated heterocycles. The molecular weight excluding hydrogens is 264 g/mol. The van der Waals surface area contributed by atoms with E-state index in [2.05, 4.69) is 17.0 Å². The minimum Gasteiger partial charge on any atom is -0.493 e. The first-order chi connectivity index (χ1) is 10.3. The maximum atomic E-state index is 5.55. The topological polar surface area (TPSA) is 47.7 Å². The maximum Gasteiger partial charge on any atom is 0.160 e. The normalized spacial score (nSPS) is 16.9. The largest absolute Gasteiger partial charge is 0.493 e. The van der Waals surface area contributed by atoms with Gasteiger partial charge in [-0.15, -0.1) is 0 Å². The molecule has 0 bridgehead atoms. The summed E-state index contributed by atoms with van der Waals surface area (Å²) in [5.74, 6) is 2.27. The van der Waals surface area contributed by atoms with E-state index < -0.39 is 0 Å². The standard InChI is InChI=1S/C17H28N2O2/c1-20-16-6-5-15(13-17(16)21-2)14-7-11-19(12-8-14)10-4-3-9-18/h5-6,13-14H,3-4,7-12,18H2,1-2H3. The fourth-order valence-electron chi connectivity index (χ4n) is 3.08. The van der Waals surface area contributed by atoms with Gasteiger partial charge in [-0.3, -0.25) is 0 Å². The van der Waals surface area contributed by atoms with Gasteiger partial charge in [0.2, 0.25) is 0 Å². The van der Waals surface area contributed by atoms with Crippen LogP contribution in [0.3, 0.4) is 0 Å². The number of ether oxygens (including phenoxy) is 2. The van der Waals surface area contributed by atoms with E-state index >= 15 is 0 Å². The van der Waals surface area contributed by atoms with Gasteiger partial charge in [0, 0.05) is 0 Å². The predicted molar refractivity (Wildman–Crippen MR) is 86.2 cm³/mol. The first-order valence-electron chi connectivity index (χ1n) is 7.92. The van der Waals surface area contributed by atoms with E-state index in [1.54, 1.807) is 14.2 Å². The second-order valence-corrected chi connectivity index (χ2v) is 5.73. The molecule has 0 aromatic heterocycles. The third-order valence-corrected chi connectivity index (χ3v) is 4.40. The summed E-state index contributed by atoms with van der Waals surface area (Å²) < 4.78 is 10.7. The Morgan fingerprint density at radius 3 is 2.43 bits per heavy atom. The lowest BCUT2D eigenvalue weighted by atomic mass is 9.89. The molecule has 2 N–H and O–H groups in total. The molecule has 4 nitrogen and oxygen atoms in total. The summed E-state index contributed by atoms with van der Waals surface area (Å²) in [4.78, 5) is 2.56. The van der Waals surface area contributed by atoms with E-state index in [0.29, 0.717) is 5.92 Å². The van der Waals surface area contributed by atoms with Crippen LogP contribution in [0.25, 0.3) is 0 Å².